The second kappa shape index (κ2) is 8.29. The van der Waals surface area contributed by atoms with Gasteiger partial charge in [0.1, 0.15) is 5.76 Å². The molecule has 0 amide bonds. The van der Waals surface area contributed by atoms with Crippen LogP contribution in [0.5, 0.6) is 0 Å². The third-order valence-corrected chi connectivity index (χ3v) is 5.89. The highest BCUT2D eigenvalue weighted by Gasteiger charge is 2.11. The van der Waals surface area contributed by atoms with E-state index < -0.39 is 0 Å². The van der Waals surface area contributed by atoms with Crippen LogP contribution in [0.3, 0.4) is 0 Å². The van der Waals surface area contributed by atoms with Gasteiger partial charge in [0.15, 0.2) is 5.09 Å². The smallest absolute Gasteiger partial charge is 0.179 e. The average Bonchev–Trinajstić information content (AvgIpc) is 2.95. The molecule has 0 saturated heterocycles. The molecule has 3 aromatic rings. The van der Waals surface area contributed by atoms with E-state index in [0.29, 0.717) is 16.4 Å². The molecule has 0 saturated carbocycles. The Bertz CT molecular complexity index is 957. The first kappa shape index (κ1) is 18.3. The Balaban J connectivity index is 1.87. The Kier molecular flexibility index (Phi) is 6.08. The lowest BCUT2D eigenvalue weighted by Gasteiger charge is -2.00. The summed E-state index contributed by atoms with van der Waals surface area (Å²) in [5.41, 5.74) is 1.38. The number of halogens is 3. The van der Waals surface area contributed by atoms with Crippen molar-refractivity contribution in [1.29, 1.82) is 5.26 Å². The molecule has 3 rings (SSSR count). The van der Waals surface area contributed by atoms with Gasteiger partial charge in [0.05, 0.1) is 16.1 Å². The van der Waals surface area contributed by atoms with Gasteiger partial charge in [-0.3, -0.25) is 0 Å². The minimum atomic E-state index is 0.539. The van der Waals surface area contributed by atoms with Gasteiger partial charge in [-0.1, -0.05) is 51.4 Å². The van der Waals surface area contributed by atoms with Gasteiger partial charge in [-0.2, -0.15) is 5.26 Å². The fraction of sp³-hybridized carbons (Fsp3) is 0. The van der Waals surface area contributed by atoms with Crippen molar-refractivity contribution in [3.8, 4) is 6.07 Å². The summed E-state index contributed by atoms with van der Waals surface area (Å²) < 4.78 is 7.68. The number of allylic oxidation sites excluding steroid dienone is 1. The molecule has 0 N–H and O–H groups in total. The second-order valence-electron chi connectivity index (χ2n) is 5.02. The van der Waals surface area contributed by atoms with Crippen molar-refractivity contribution in [2.24, 2.45) is 0 Å². The number of rotatable bonds is 4. The van der Waals surface area contributed by atoms with Crippen molar-refractivity contribution < 1.29 is 4.42 Å². The molecular formula is C19H10Br2ClNOS. The van der Waals surface area contributed by atoms with Crippen LogP contribution >= 0.6 is 55.2 Å². The molecule has 0 aliphatic rings. The van der Waals surface area contributed by atoms with E-state index in [1.54, 1.807) is 6.08 Å². The van der Waals surface area contributed by atoms with Crippen molar-refractivity contribution in [3.63, 3.8) is 0 Å². The van der Waals surface area contributed by atoms with Crippen LogP contribution in [0.4, 0.5) is 0 Å². The Morgan fingerprint density at radius 3 is 2.40 bits per heavy atom. The molecule has 0 aliphatic carbocycles. The van der Waals surface area contributed by atoms with E-state index in [0.717, 1.165) is 24.5 Å². The maximum atomic E-state index is 9.45. The molecule has 0 radical (unpaired) electrons. The first-order chi connectivity index (χ1) is 12.0. The number of nitrogens with zero attached hydrogens (tertiary/aromatic N) is 1. The molecule has 0 unspecified atom stereocenters. The molecule has 0 bridgehead atoms. The van der Waals surface area contributed by atoms with Crippen LogP contribution in [-0.4, -0.2) is 0 Å². The normalized spacial score (nSPS) is 11.4. The van der Waals surface area contributed by atoms with E-state index in [1.165, 1.54) is 11.8 Å². The highest BCUT2D eigenvalue weighted by Crippen LogP contribution is 2.37. The Hall–Kier alpha value is -1.45. The van der Waals surface area contributed by atoms with Gasteiger partial charge in [-0.05, 0) is 70.0 Å². The lowest BCUT2D eigenvalue weighted by molar-refractivity contribution is 0.463. The molecule has 2 nitrogen and oxygen atoms in total. The highest BCUT2D eigenvalue weighted by atomic mass is 79.9. The summed E-state index contributed by atoms with van der Waals surface area (Å²) in [6.07, 6.45) is 1.74. The monoisotopic (exact) mass is 493 g/mol. The zero-order chi connectivity index (χ0) is 17.8. The van der Waals surface area contributed by atoms with Crippen LogP contribution in [0, 0.1) is 11.3 Å². The first-order valence-electron chi connectivity index (χ1n) is 7.15. The quantitative estimate of drug-likeness (QED) is 0.349. The largest absolute Gasteiger partial charge is 0.449 e. The zero-order valence-electron chi connectivity index (χ0n) is 12.7. The topological polar surface area (TPSA) is 36.9 Å². The molecule has 124 valence electrons. The Morgan fingerprint density at radius 2 is 1.76 bits per heavy atom. The minimum Gasteiger partial charge on any atom is -0.449 e. The minimum absolute atomic E-state index is 0.539. The van der Waals surface area contributed by atoms with Crippen LogP contribution in [0.2, 0.25) is 5.02 Å². The number of hydrogen-bond acceptors (Lipinski definition) is 3. The SMILES string of the molecule is N#C/C(=C/c1cc(Br)c(Sc2ccc(Cl)cc2)o1)c1ccc(Br)cc1. The van der Waals surface area contributed by atoms with Crippen molar-refractivity contribution in [2.75, 3.05) is 0 Å². The standard InChI is InChI=1S/C19H10Br2ClNOS/c20-14-3-1-12(2-4-14)13(11-23)9-16-10-18(21)19(24-16)25-17-7-5-15(22)6-8-17/h1-10H/b13-9-. The molecule has 6 heteroatoms. The lowest BCUT2D eigenvalue weighted by Crippen LogP contribution is -1.80. The van der Waals surface area contributed by atoms with Gasteiger partial charge in [0, 0.05) is 14.4 Å². The van der Waals surface area contributed by atoms with Crippen LogP contribution in [-0.2, 0) is 0 Å². The number of furan rings is 1. The van der Waals surface area contributed by atoms with Gasteiger partial charge < -0.3 is 4.42 Å². The predicted octanol–water partition coefficient (Wildman–Crippen LogP) is 7.67. The number of nitriles is 1. The molecular weight excluding hydrogens is 486 g/mol. The molecule has 0 fully saturated rings. The average molecular weight is 496 g/mol. The van der Waals surface area contributed by atoms with E-state index in [1.807, 2.05) is 54.6 Å². The molecule has 0 spiro atoms. The summed E-state index contributed by atoms with van der Waals surface area (Å²) >= 11 is 14.3. The summed E-state index contributed by atoms with van der Waals surface area (Å²) in [6.45, 7) is 0. The van der Waals surface area contributed by atoms with E-state index >= 15 is 0 Å². The Morgan fingerprint density at radius 1 is 1.08 bits per heavy atom. The second-order valence-corrected chi connectivity index (χ2v) is 8.27. The summed E-state index contributed by atoms with van der Waals surface area (Å²) in [7, 11) is 0. The number of benzene rings is 2. The van der Waals surface area contributed by atoms with Crippen LogP contribution in [0.15, 0.2) is 77.9 Å². The first-order valence-corrected chi connectivity index (χ1v) is 9.93. The fourth-order valence-electron chi connectivity index (χ4n) is 2.07. The molecule has 2 aromatic carbocycles. The molecule has 0 atom stereocenters. The van der Waals surface area contributed by atoms with Crippen molar-refractivity contribution in [2.45, 2.75) is 9.99 Å². The molecule has 1 aromatic heterocycles. The summed E-state index contributed by atoms with van der Waals surface area (Å²) in [4.78, 5) is 1.02. The lowest BCUT2D eigenvalue weighted by atomic mass is 10.1. The van der Waals surface area contributed by atoms with Crippen LogP contribution in [0.25, 0.3) is 11.6 Å². The van der Waals surface area contributed by atoms with Crippen molar-refractivity contribution in [3.05, 3.63) is 79.9 Å². The van der Waals surface area contributed by atoms with E-state index in [2.05, 4.69) is 37.9 Å². The third-order valence-electron chi connectivity index (χ3n) is 3.26. The van der Waals surface area contributed by atoms with Gasteiger partial charge in [-0.25, -0.2) is 0 Å². The van der Waals surface area contributed by atoms with E-state index in [-0.39, 0.29) is 0 Å². The van der Waals surface area contributed by atoms with Gasteiger partial charge in [-0.15, -0.1) is 0 Å². The van der Waals surface area contributed by atoms with Crippen LogP contribution in [0.1, 0.15) is 11.3 Å². The summed E-state index contributed by atoms with van der Waals surface area (Å²) in [5.74, 6) is 0.614. The maximum Gasteiger partial charge on any atom is 0.179 e. The van der Waals surface area contributed by atoms with Crippen molar-refractivity contribution >= 4 is 66.9 Å². The zero-order valence-corrected chi connectivity index (χ0v) is 17.4. The van der Waals surface area contributed by atoms with E-state index in [4.69, 9.17) is 16.0 Å². The van der Waals surface area contributed by atoms with Gasteiger partial charge in [0.2, 0.25) is 0 Å². The fourth-order valence-corrected chi connectivity index (χ4v) is 3.79. The molecule has 1 heterocycles. The molecule has 0 aliphatic heterocycles. The molecule has 25 heavy (non-hydrogen) atoms. The third kappa shape index (κ3) is 4.80. The summed E-state index contributed by atoms with van der Waals surface area (Å²) in [6, 6.07) is 19.2. The maximum absolute atomic E-state index is 9.45. The van der Waals surface area contributed by atoms with Gasteiger partial charge in [0.25, 0.3) is 0 Å². The predicted molar refractivity (Wildman–Crippen MR) is 110 cm³/mol. The summed E-state index contributed by atoms with van der Waals surface area (Å²) in [5, 5.41) is 10.9. The van der Waals surface area contributed by atoms with Crippen LogP contribution < -0.4 is 0 Å². The highest BCUT2D eigenvalue weighted by molar-refractivity contribution is 9.10. The van der Waals surface area contributed by atoms with Gasteiger partial charge >= 0.3 is 0 Å². The number of hydrogen-bond donors (Lipinski definition) is 0. The van der Waals surface area contributed by atoms with Crippen molar-refractivity contribution in [1.82, 2.24) is 0 Å². The Labute approximate surface area is 171 Å². The van der Waals surface area contributed by atoms with E-state index in [9.17, 15) is 5.26 Å².